The van der Waals surface area contributed by atoms with Crippen LogP contribution in [-0.4, -0.2) is 23.0 Å². The number of nitrogens with one attached hydrogen (secondary N) is 1. The zero-order valence-corrected chi connectivity index (χ0v) is 15.0. The van der Waals surface area contributed by atoms with E-state index in [0.29, 0.717) is 5.01 Å². The molecule has 9 heteroatoms. The average molecular weight is 394 g/mol. The van der Waals surface area contributed by atoms with E-state index in [2.05, 4.69) is 10.3 Å². The van der Waals surface area contributed by atoms with Crippen LogP contribution < -0.4 is 5.32 Å². The summed E-state index contributed by atoms with van der Waals surface area (Å²) in [5.41, 5.74) is 0.163. The first-order chi connectivity index (χ1) is 12.4. The molecule has 0 bridgehead atoms. The molecule has 2 aromatic heterocycles. The van der Waals surface area contributed by atoms with Crippen LogP contribution in [0.25, 0.3) is 9.88 Å². The molecule has 1 aromatic carbocycles. The topological polar surface area (TPSA) is 68.3 Å². The SMILES string of the molecule is C[C@H](OC(=O)c1csc(-c2cccs2)n1)C(=O)Nc1ccc(F)c(F)c1. The Labute approximate surface area is 155 Å². The molecule has 0 aliphatic heterocycles. The molecule has 0 unspecified atom stereocenters. The lowest BCUT2D eigenvalue weighted by Gasteiger charge is -2.12. The van der Waals surface area contributed by atoms with Crippen molar-refractivity contribution < 1.29 is 23.1 Å². The van der Waals surface area contributed by atoms with E-state index in [1.54, 1.807) is 5.38 Å². The van der Waals surface area contributed by atoms with Crippen molar-refractivity contribution in [2.24, 2.45) is 0 Å². The van der Waals surface area contributed by atoms with Gasteiger partial charge in [0, 0.05) is 17.1 Å². The van der Waals surface area contributed by atoms with Gasteiger partial charge in [0.1, 0.15) is 5.01 Å². The fraction of sp³-hybridized carbons (Fsp3) is 0.118. The number of esters is 1. The molecule has 0 fully saturated rings. The van der Waals surface area contributed by atoms with E-state index in [-0.39, 0.29) is 11.4 Å². The number of carbonyl (C=O) groups is 2. The normalized spacial score (nSPS) is 11.8. The van der Waals surface area contributed by atoms with Gasteiger partial charge in [-0.2, -0.15) is 0 Å². The lowest BCUT2D eigenvalue weighted by atomic mass is 10.2. The molecule has 1 N–H and O–H groups in total. The maximum Gasteiger partial charge on any atom is 0.358 e. The summed E-state index contributed by atoms with van der Waals surface area (Å²) < 4.78 is 31.1. The van der Waals surface area contributed by atoms with Crippen molar-refractivity contribution in [3.05, 3.63) is 58.4 Å². The quantitative estimate of drug-likeness (QED) is 0.654. The van der Waals surface area contributed by atoms with E-state index in [4.69, 9.17) is 4.74 Å². The van der Waals surface area contributed by atoms with Gasteiger partial charge in [0.15, 0.2) is 23.4 Å². The summed E-state index contributed by atoms with van der Waals surface area (Å²) in [5, 5.41) is 6.50. The third kappa shape index (κ3) is 4.12. The minimum atomic E-state index is -1.14. The van der Waals surface area contributed by atoms with Crippen molar-refractivity contribution in [2.45, 2.75) is 13.0 Å². The Balaban J connectivity index is 1.61. The zero-order valence-electron chi connectivity index (χ0n) is 13.4. The molecule has 134 valence electrons. The minimum absolute atomic E-state index is 0.0606. The molecule has 3 aromatic rings. The van der Waals surface area contributed by atoms with E-state index in [1.807, 2.05) is 17.5 Å². The standard InChI is InChI=1S/C17H12F2N2O3S2/c1-9(15(22)20-10-4-5-11(18)12(19)7-10)24-17(23)13-8-26-16(21-13)14-3-2-6-25-14/h2-9H,1H3,(H,20,22)/t9-/m0/s1. The van der Waals surface area contributed by atoms with Crippen molar-refractivity contribution in [1.82, 2.24) is 4.98 Å². The molecule has 0 aliphatic carbocycles. The molecular formula is C17H12F2N2O3S2. The van der Waals surface area contributed by atoms with E-state index in [9.17, 15) is 18.4 Å². The van der Waals surface area contributed by atoms with Crippen LogP contribution in [0.4, 0.5) is 14.5 Å². The number of amides is 1. The summed E-state index contributed by atoms with van der Waals surface area (Å²) in [4.78, 5) is 29.3. The lowest BCUT2D eigenvalue weighted by Crippen LogP contribution is -2.30. The fourth-order valence-electron chi connectivity index (χ4n) is 1.97. The van der Waals surface area contributed by atoms with Gasteiger partial charge in [-0.1, -0.05) is 6.07 Å². The largest absolute Gasteiger partial charge is 0.448 e. The molecule has 3 rings (SSSR count). The smallest absolute Gasteiger partial charge is 0.358 e. The third-order valence-electron chi connectivity index (χ3n) is 3.29. The number of carbonyl (C=O) groups excluding carboxylic acids is 2. The van der Waals surface area contributed by atoms with Crippen molar-refractivity contribution in [3.8, 4) is 9.88 Å². The Morgan fingerprint density at radius 2 is 2.00 bits per heavy atom. The Hall–Kier alpha value is -2.65. The number of rotatable bonds is 5. The summed E-state index contributed by atoms with van der Waals surface area (Å²) in [6.45, 7) is 1.37. The number of aromatic nitrogens is 1. The summed E-state index contributed by atoms with van der Waals surface area (Å²) in [5.74, 6) is -3.52. The van der Waals surface area contributed by atoms with Gasteiger partial charge in [0.05, 0.1) is 4.88 Å². The highest BCUT2D eigenvalue weighted by Crippen LogP contribution is 2.28. The first-order valence-electron chi connectivity index (χ1n) is 7.40. The van der Waals surface area contributed by atoms with Crippen LogP contribution in [0.1, 0.15) is 17.4 Å². The first kappa shape index (κ1) is 18.2. The number of ether oxygens (including phenoxy) is 1. The van der Waals surface area contributed by atoms with E-state index in [1.165, 1.54) is 35.7 Å². The van der Waals surface area contributed by atoms with Gasteiger partial charge >= 0.3 is 5.97 Å². The molecule has 0 saturated carbocycles. The summed E-state index contributed by atoms with van der Waals surface area (Å²) in [6, 6.07) is 6.71. The Kier molecular flexibility index (Phi) is 5.38. The minimum Gasteiger partial charge on any atom is -0.448 e. The Morgan fingerprint density at radius 3 is 2.69 bits per heavy atom. The number of thiophene rings is 1. The number of thiazole rings is 1. The van der Waals surface area contributed by atoms with E-state index < -0.39 is 29.6 Å². The molecule has 0 aliphatic rings. The molecule has 2 heterocycles. The summed E-state index contributed by atoms with van der Waals surface area (Å²) in [6.07, 6.45) is -1.14. The second-order valence-corrected chi connectivity index (χ2v) is 6.99. The van der Waals surface area contributed by atoms with Crippen LogP contribution in [0.3, 0.4) is 0 Å². The monoisotopic (exact) mass is 394 g/mol. The van der Waals surface area contributed by atoms with Gasteiger partial charge in [0.2, 0.25) is 0 Å². The van der Waals surface area contributed by atoms with E-state index >= 15 is 0 Å². The second kappa shape index (κ2) is 7.71. The highest BCUT2D eigenvalue weighted by Gasteiger charge is 2.21. The van der Waals surface area contributed by atoms with Gasteiger partial charge in [-0.3, -0.25) is 4.79 Å². The van der Waals surface area contributed by atoms with Crippen LogP contribution in [0.5, 0.6) is 0 Å². The van der Waals surface area contributed by atoms with Gasteiger partial charge in [0.25, 0.3) is 5.91 Å². The number of halogens is 2. The second-order valence-electron chi connectivity index (χ2n) is 5.18. The zero-order chi connectivity index (χ0) is 18.7. The first-order valence-corrected chi connectivity index (χ1v) is 9.16. The predicted octanol–water partition coefficient (Wildman–Crippen LogP) is 4.33. The van der Waals surface area contributed by atoms with Gasteiger partial charge in [-0.05, 0) is 30.5 Å². The average Bonchev–Trinajstić information content (AvgIpc) is 3.28. The molecule has 5 nitrogen and oxygen atoms in total. The van der Waals surface area contributed by atoms with Gasteiger partial charge in [-0.25, -0.2) is 18.6 Å². The summed E-state index contributed by atoms with van der Waals surface area (Å²) >= 11 is 2.79. The predicted molar refractivity (Wildman–Crippen MR) is 95.3 cm³/mol. The van der Waals surface area contributed by atoms with Crippen LogP contribution in [0, 0.1) is 11.6 Å². The number of anilines is 1. The Morgan fingerprint density at radius 1 is 1.19 bits per heavy atom. The molecule has 0 radical (unpaired) electrons. The highest BCUT2D eigenvalue weighted by molar-refractivity contribution is 7.20. The van der Waals surface area contributed by atoms with Gasteiger partial charge in [-0.15, -0.1) is 22.7 Å². The number of nitrogens with zero attached hydrogens (tertiary/aromatic N) is 1. The van der Waals surface area contributed by atoms with Gasteiger partial charge < -0.3 is 10.1 Å². The van der Waals surface area contributed by atoms with Crippen molar-refractivity contribution >= 4 is 40.2 Å². The molecular weight excluding hydrogens is 382 g/mol. The third-order valence-corrected chi connectivity index (χ3v) is 5.17. The Bertz CT molecular complexity index is 941. The number of benzene rings is 1. The molecule has 1 atom stereocenters. The lowest BCUT2D eigenvalue weighted by molar-refractivity contribution is -0.123. The number of hydrogen-bond acceptors (Lipinski definition) is 6. The van der Waals surface area contributed by atoms with Crippen LogP contribution >= 0.6 is 22.7 Å². The van der Waals surface area contributed by atoms with Crippen molar-refractivity contribution in [1.29, 1.82) is 0 Å². The molecule has 0 saturated heterocycles. The van der Waals surface area contributed by atoms with Crippen LogP contribution in [0.15, 0.2) is 41.1 Å². The fourth-order valence-corrected chi connectivity index (χ4v) is 3.58. The van der Waals surface area contributed by atoms with E-state index in [0.717, 1.165) is 17.0 Å². The van der Waals surface area contributed by atoms with Crippen LogP contribution in [0.2, 0.25) is 0 Å². The van der Waals surface area contributed by atoms with Crippen LogP contribution in [-0.2, 0) is 9.53 Å². The molecule has 26 heavy (non-hydrogen) atoms. The molecule has 0 spiro atoms. The maximum absolute atomic E-state index is 13.2. The van der Waals surface area contributed by atoms with Crippen molar-refractivity contribution in [3.63, 3.8) is 0 Å². The van der Waals surface area contributed by atoms with Crippen molar-refractivity contribution in [2.75, 3.05) is 5.32 Å². The maximum atomic E-state index is 13.2. The highest BCUT2D eigenvalue weighted by atomic mass is 32.1. The summed E-state index contributed by atoms with van der Waals surface area (Å²) in [7, 11) is 0. The number of hydrogen-bond donors (Lipinski definition) is 1. The molecule has 1 amide bonds.